The number of halogens is 1. The molecule has 0 unspecified atom stereocenters. The molecule has 0 bridgehead atoms. The summed E-state index contributed by atoms with van der Waals surface area (Å²) in [4.78, 5) is 12.7. The van der Waals surface area contributed by atoms with E-state index in [0.29, 0.717) is 16.5 Å². The van der Waals surface area contributed by atoms with Gasteiger partial charge in [0.05, 0.1) is 24.8 Å². The van der Waals surface area contributed by atoms with Gasteiger partial charge in [-0.1, -0.05) is 47.5 Å². The molecule has 0 aromatic heterocycles. The molecule has 0 aliphatic heterocycles. The van der Waals surface area contributed by atoms with E-state index in [2.05, 4.69) is 5.32 Å². The first-order chi connectivity index (χ1) is 15.8. The van der Waals surface area contributed by atoms with Gasteiger partial charge in [-0.3, -0.25) is 9.10 Å². The average molecular weight is 489 g/mol. The van der Waals surface area contributed by atoms with Crippen LogP contribution in [0.5, 0.6) is 11.5 Å². The summed E-state index contributed by atoms with van der Waals surface area (Å²) in [7, 11) is -1.21. The zero-order valence-corrected chi connectivity index (χ0v) is 20.1. The number of nitrogens with one attached hydrogen (secondary N) is 1. The molecule has 0 aliphatic rings. The number of hydrogen-bond donors (Lipinski definition) is 1. The molecule has 0 radical (unpaired) electrons. The first kappa shape index (κ1) is 24.4. The topological polar surface area (TPSA) is 84.9 Å². The van der Waals surface area contributed by atoms with Crippen molar-refractivity contribution < 1.29 is 22.7 Å². The Kier molecular flexibility index (Phi) is 7.84. The molecule has 1 amide bonds. The molecule has 0 aliphatic carbocycles. The van der Waals surface area contributed by atoms with Crippen molar-refractivity contribution in [2.24, 2.45) is 0 Å². The lowest BCUT2D eigenvalue weighted by atomic mass is 10.2. The van der Waals surface area contributed by atoms with Gasteiger partial charge < -0.3 is 14.8 Å². The van der Waals surface area contributed by atoms with Gasteiger partial charge in [0.2, 0.25) is 5.91 Å². The van der Waals surface area contributed by atoms with E-state index in [1.165, 1.54) is 32.4 Å². The molecular formula is C24H25ClN2O5S. The van der Waals surface area contributed by atoms with Crippen molar-refractivity contribution in [2.45, 2.75) is 18.4 Å². The number of benzene rings is 3. The number of hydrogen-bond acceptors (Lipinski definition) is 5. The minimum absolute atomic E-state index is 0.0281. The lowest BCUT2D eigenvalue weighted by Gasteiger charge is -2.24. The van der Waals surface area contributed by atoms with E-state index in [9.17, 15) is 13.2 Å². The maximum absolute atomic E-state index is 13.6. The summed E-state index contributed by atoms with van der Waals surface area (Å²) >= 11 is 6.15. The van der Waals surface area contributed by atoms with Gasteiger partial charge in [0, 0.05) is 17.6 Å². The number of ether oxygens (including phenoxy) is 2. The SMILES string of the molecule is COc1ccc(S(=O)(=O)N(CC(=O)NCc2ccccc2Cl)c2ccc(C)cc2)cc1OC. The average Bonchev–Trinajstić information content (AvgIpc) is 2.82. The Labute approximate surface area is 198 Å². The predicted molar refractivity (Wildman–Crippen MR) is 129 cm³/mol. The van der Waals surface area contributed by atoms with E-state index in [4.69, 9.17) is 21.1 Å². The maximum atomic E-state index is 13.6. The fourth-order valence-electron chi connectivity index (χ4n) is 3.15. The van der Waals surface area contributed by atoms with Crippen LogP contribution in [-0.2, 0) is 21.4 Å². The third-order valence-electron chi connectivity index (χ3n) is 4.99. The Morgan fingerprint density at radius 1 is 0.970 bits per heavy atom. The Balaban J connectivity index is 1.92. The fourth-order valence-corrected chi connectivity index (χ4v) is 4.79. The van der Waals surface area contributed by atoms with Crippen molar-refractivity contribution >= 4 is 33.2 Å². The lowest BCUT2D eigenvalue weighted by molar-refractivity contribution is -0.119. The molecule has 0 fully saturated rings. The van der Waals surface area contributed by atoms with E-state index in [1.54, 1.807) is 42.5 Å². The van der Waals surface area contributed by atoms with Crippen molar-refractivity contribution in [1.82, 2.24) is 5.32 Å². The van der Waals surface area contributed by atoms with Crippen LogP contribution < -0.4 is 19.1 Å². The molecule has 9 heteroatoms. The molecule has 174 valence electrons. The van der Waals surface area contributed by atoms with Crippen molar-refractivity contribution in [2.75, 3.05) is 25.1 Å². The third kappa shape index (κ3) is 5.77. The number of nitrogens with zero attached hydrogens (tertiary/aromatic N) is 1. The number of sulfonamides is 1. The fraction of sp³-hybridized carbons (Fsp3) is 0.208. The van der Waals surface area contributed by atoms with Crippen molar-refractivity contribution in [1.29, 1.82) is 0 Å². The zero-order valence-electron chi connectivity index (χ0n) is 18.5. The highest BCUT2D eigenvalue weighted by Gasteiger charge is 2.28. The molecule has 0 heterocycles. The standard InChI is InChI=1S/C24H25ClN2O5S/c1-17-8-10-19(11-9-17)27(16-24(28)26-15-18-6-4-5-7-21(18)25)33(29,30)20-12-13-22(31-2)23(14-20)32-3/h4-14H,15-16H2,1-3H3,(H,26,28). The summed E-state index contributed by atoms with van der Waals surface area (Å²) in [6.45, 7) is 1.66. The van der Waals surface area contributed by atoms with Crippen molar-refractivity contribution in [3.63, 3.8) is 0 Å². The summed E-state index contributed by atoms with van der Waals surface area (Å²) in [5, 5.41) is 3.26. The largest absolute Gasteiger partial charge is 0.493 e. The normalized spacial score (nSPS) is 11.0. The highest BCUT2D eigenvalue weighted by atomic mass is 35.5. The van der Waals surface area contributed by atoms with Gasteiger partial charge in [-0.05, 0) is 42.8 Å². The van der Waals surface area contributed by atoms with Crippen LogP contribution in [0.1, 0.15) is 11.1 Å². The van der Waals surface area contributed by atoms with Crippen LogP contribution in [0.3, 0.4) is 0 Å². The molecule has 3 aromatic rings. The smallest absolute Gasteiger partial charge is 0.264 e. The van der Waals surface area contributed by atoms with Crippen LogP contribution in [0.25, 0.3) is 0 Å². The highest BCUT2D eigenvalue weighted by Crippen LogP contribution is 2.32. The van der Waals surface area contributed by atoms with E-state index < -0.39 is 22.5 Å². The van der Waals surface area contributed by atoms with Gasteiger partial charge in [0.25, 0.3) is 10.0 Å². The number of anilines is 1. The van der Waals surface area contributed by atoms with Crippen LogP contribution in [-0.4, -0.2) is 35.1 Å². The van der Waals surface area contributed by atoms with Gasteiger partial charge in [-0.15, -0.1) is 0 Å². The van der Waals surface area contributed by atoms with Gasteiger partial charge in [0.1, 0.15) is 6.54 Å². The van der Waals surface area contributed by atoms with Crippen molar-refractivity contribution in [3.05, 3.63) is 82.9 Å². The number of carbonyl (C=O) groups is 1. The van der Waals surface area contributed by atoms with Crippen LogP contribution in [0, 0.1) is 6.92 Å². The molecule has 0 saturated carbocycles. The van der Waals surface area contributed by atoms with Gasteiger partial charge >= 0.3 is 0 Å². The molecule has 3 aromatic carbocycles. The van der Waals surface area contributed by atoms with Gasteiger partial charge in [-0.25, -0.2) is 8.42 Å². The zero-order chi connectivity index (χ0) is 24.0. The number of amides is 1. The van der Waals surface area contributed by atoms with Crippen LogP contribution in [0.2, 0.25) is 5.02 Å². The van der Waals surface area contributed by atoms with E-state index in [1.807, 2.05) is 13.0 Å². The second kappa shape index (κ2) is 10.6. The first-order valence-electron chi connectivity index (χ1n) is 10.1. The summed E-state index contributed by atoms with van der Waals surface area (Å²) in [6, 6.07) is 18.3. The molecule has 1 N–H and O–H groups in total. The number of aryl methyl sites for hydroxylation is 1. The second-order valence-corrected chi connectivity index (χ2v) is 9.50. The minimum atomic E-state index is -4.10. The Morgan fingerprint density at radius 3 is 2.27 bits per heavy atom. The molecule has 0 spiro atoms. The molecule has 3 rings (SSSR count). The first-order valence-corrected chi connectivity index (χ1v) is 11.9. The maximum Gasteiger partial charge on any atom is 0.264 e. The third-order valence-corrected chi connectivity index (χ3v) is 7.12. The number of rotatable bonds is 9. The quantitative estimate of drug-likeness (QED) is 0.488. The second-order valence-electron chi connectivity index (χ2n) is 7.23. The van der Waals surface area contributed by atoms with E-state index in [0.717, 1.165) is 15.4 Å². The molecule has 33 heavy (non-hydrogen) atoms. The number of carbonyl (C=O) groups excluding carboxylic acids is 1. The van der Waals surface area contributed by atoms with Crippen LogP contribution in [0.15, 0.2) is 71.6 Å². The monoisotopic (exact) mass is 488 g/mol. The van der Waals surface area contributed by atoms with Crippen molar-refractivity contribution in [3.8, 4) is 11.5 Å². The number of methoxy groups -OCH3 is 2. The van der Waals surface area contributed by atoms with Crippen LogP contribution >= 0.6 is 11.6 Å². The van der Waals surface area contributed by atoms with E-state index in [-0.39, 0.29) is 17.2 Å². The Bertz CT molecular complexity index is 1230. The molecule has 0 atom stereocenters. The summed E-state index contributed by atoms with van der Waals surface area (Å²) in [6.07, 6.45) is 0. The van der Waals surface area contributed by atoms with Crippen LogP contribution in [0.4, 0.5) is 5.69 Å². The van der Waals surface area contributed by atoms with Gasteiger partial charge in [0.15, 0.2) is 11.5 Å². The predicted octanol–water partition coefficient (Wildman–Crippen LogP) is 4.18. The van der Waals surface area contributed by atoms with Gasteiger partial charge in [-0.2, -0.15) is 0 Å². The molecular weight excluding hydrogens is 464 g/mol. The summed E-state index contributed by atoms with van der Waals surface area (Å²) in [5.41, 5.74) is 2.06. The van der Waals surface area contributed by atoms with E-state index >= 15 is 0 Å². The lowest BCUT2D eigenvalue weighted by Crippen LogP contribution is -2.40. The molecule has 7 nitrogen and oxygen atoms in total. The Morgan fingerprint density at radius 2 is 1.64 bits per heavy atom. The Hall–Kier alpha value is -3.23. The highest BCUT2D eigenvalue weighted by molar-refractivity contribution is 7.92. The summed E-state index contributed by atoms with van der Waals surface area (Å²) < 4.78 is 38.7. The summed E-state index contributed by atoms with van der Waals surface area (Å²) in [5.74, 6) is 0.195. The molecule has 0 saturated heterocycles. The minimum Gasteiger partial charge on any atom is -0.493 e.